The van der Waals surface area contributed by atoms with E-state index in [2.05, 4.69) is 32.5 Å². The van der Waals surface area contributed by atoms with E-state index in [1.165, 1.54) is 0 Å². The molecule has 3 rings (SSSR count). The Labute approximate surface area is 177 Å². The van der Waals surface area contributed by atoms with E-state index in [1.54, 1.807) is 18.3 Å². The summed E-state index contributed by atoms with van der Waals surface area (Å²) in [5.74, 6) is 0.460. The molecule has 0 atom stereocenters. The summed E-state index contributed by atoms with van der Waals surface area (Å²) in [4.78, 5) is 12.0. The second-order valence-corrected chi connectivity index (χ2v) is 7.15. The van der Waals surface area contributed by atoms with Crippen molar-refractivity contribution in [2.75, 3.05) is 0 Å². The summed E-state index contributed by atoms with van der Waals surface area (Å²) in [6.45, 7) is 0.368. The summed E-state index contributed by atoms with van der Waals surface area (Å²) < 4.78 is 6.84. The van der Waals surface area contributed by atoms with Crippen LogP contribution in [0.4, 0.5) is 0 Å². The highest BCUT2D eigenvalue weighted by Gasteiger charge is 2.04. The Morgan fingerprint density at radius 1 is 1.03 bits per heavy atom. The fraction of sp³-hybridized carbons (Fsp3) is 0.0870. The Bertz CT molecular complexity index is 1040. The summed E-state index contributed by atoms with van der Waals surface area (Å²) in [7, 11) is 0. The molecule has 0 fully saturated rings. The molecule has 0 bridgehead atoms. The van der Waals surface area contributed by atoms with Crippen molar-refractivity contribution in [1.82, 2.24) is 5.43 Å². The second-order valence-electron chi connectivity index (χ2n) is 6.23. The molecule has 0 aliphatic carbocycles. The second kappa shape index (κ2) is 10.2. The zero-order valence-electron chi connectivity index (χ0n) is 15.5. The summed E-state index contributed by atoms with van der Waals surface area (Å²) in [5.41, 5.74) is 5.77. The lowest BCUT2D eigenvalue weighted by molar-refractivity contribution is -0.120. The highest BCUT2D eigenvalue weighted by atomic mass is 79.9. The van der Waals surface area contributed by atoms with Crippen LogP contribution in [0.15, 0.2) is 82.4 Å². The van der Waals surface area contributed by atoms with E-state index >= 15 is 0 Å². The van der Waals surface area contributed by atoms with Crippen molar-refractivity contribution in [3.8, 4) is 11.8 Å². The Morgan fingerprint density at radius 2 is 1.72 bits per heavy atom. The van der Waals surface area contributed by atoms with Crippen molar-refractivity contribution in [1.29, 1.82) is 5.26 Å². The number of benzene rings is 3. The van der Waals surface area contributed by atoms with Gasteiger partial charge in [0.25, 0.3) is 0 Å². The van der Waals surface area contributed by atoms with Gasteiger partial charge >= 0.3 is 0 Å². The number of hydrogen-bond donors (Lipinski definition) is 1. The van der Waals surface area contributed by atoms with Crippen LogP contribution >= 0.6 is 15.9 Å². The number of ether oxygens (including phenoxy) is 1. The average molecular weight is 448 g/mol. The third-order valence-electron chi connectivity index (χ3n) is 4.07. The van der Waals surface area contributed by atoms with Crippen molar-refractivity contribution in [2.45, 2.75) is 13.0 Å². The molecule has 3 aromatic rings. The smallest absolute Gasteiger partial charge is 0.244 e. The van der Waals surface area contributed by atoms with Crippen LogP contribution < -0.4 is 10.2 Å². The highest BCUT2D eigenvalue weighted by molar-refractivity contribution is 9.10. The quantitative estimate of drug-likeness (QED) is 0.424. The SMILES string of the molecule is N#Cc1ccc(COc2ccccc2/C=N\NC(=O)Cc2ccc(Br)cc2)cc1. The van der Waals surface area contributed by atoms with Gasteiger partial charge in [-0.1, -0.05) is 52.3 Å². The van der Waals surface area contributed by atoms with E-state index in [-0.39, 0.29) is 12.3 Å². The van der Waals surface area contributed by atoms with Crippen LogP contribution in [0.25, 0.3) is 0 Å². The third kappa shape index (κ3) is 6.30. The highest BCUT2D eigenvalue weighted by Crippen LogP contribution is 2.18. The number of amides is 1. The Balaban J connectivity index is 1.57. The van der Waals surface area contributed by atoms with Crippen LogP contribution in [0, 0.1) is 11.3 Å². The molecule has 5 nitrogen and oxygen atoms in total. The molecular weight excluding hydrogens is 430 g/mol. The summed E-state index contributed by atoms with van der Waals surface area (Å²) in [5, 5.41) is 12.9. The number of rotatable bonds is 7. The Hall–Kier alpha value is -3.43. The van der Waals surface area contributed by atoms with E-state index in [4.69, 9.17) is 10.00 Å². The number of hydrazone groups is 1. The molecule has 0 radical (unpaired) electrons. The topological polar surface area (TPSA) is 74.5 Å². The van der Waals surface area contributed by atoms with Gasteiger partial charge in [-0.3, -0.25) is 4.79 Å². The molecule has 144 valence electrons. The lowest BCUT2D eigenvalue weighted by Crippen LogP contribution is -2.19. The molecule has 1 N–H and O–H groups in total. The Morgan fingerprint density at radius 3 is 2.45 bits per heavy atom. The lowest BCUT2D eigenvalue weighted by atomic mass is 10.1. The molecule has 0 spiro atoms. The fourth-order valence-electron chi connectivity index (χ4n) is 2.56. The van der Waals surface area contributed by atoms with Gasteiger partial charge in [0.15, 0.2) is 0 Å². The van der Waals surface area contributed by atoms with Gasteiger partial charge in [-0.15, -0.1) is 0 Å². The third-order valence-corrected chi connectivity index (χ3v) is 4.60. The van der Waals surface area contributed by atoms with Crippen LogP contribution in [0.3, 0.4) is 0 Å². The predicted molar refractivity (Wildman–Crippen MR) is 116 cm³/mol. The molecule has 0 saturated heterocycles. The molecular formula is C23H18BrN3O2. The van der Waals surface area contributed by atoms with Gasteiger partial charge in [-0.05, 0) is 47.5 Å². The van der Waals surface area contributed by atoms with E-state index < -0.39 is 0 Å². The molecule has 0 aliphatic rings. The first-order valence-corrected chi connectivity index (χ1v) is 9.70. The largest absolute Gasteiger partial charge is 0.488 e. The predicted octanol–water partition coefficient (Wildman–Crippen LogP) is 4.59. The van der Waals surface area contributed by atoms with Crippen molar-refractivity contribution in [2.24, 2.45) is 5.10 Å². The van der Waals surface area contributed by atoms with Crippen LogP contribution in [0.2, 0.25) is 0 Å². The van der Waals surface area contributed by atoms with E-state index in [0.717, 1.165) is 21.2 Å². The van der Waals surface area contributed by atoms with Crippen LogP contribution in [-0.2, 0) is 17.8 Å². The fourth-order valence-corrected chi connectivity index (χ4v) is 2.82. The standard InChI is InChI=1S/C23H18BrN3O2/c24-21-11-9-17(10-12-21)13-23(28)27-26-15-20-3-1-2-4-22(20)29-16-19-7-5-18(14-25)6-8-19/h1-12,15H,13,16H2,(H,27,28)/b26-15-. The van der Waals surface area contributed by atoms with E-state index in [1.807, 2.05) is 60.7 Å². The number of carbonyl (C=O) groups is 1. The number of nitrogens with one attached hydrogen (secondary N) is 1. The monoisotopic (exact) mass is 447 g/mol. The normalized spacial score (nSPS) is 10.5. The first-order chi connectivity index (χ1) is 14.1. The van der Waals surface area contributed by atoms with E-state index in [0.29, 0.717) is 17.9 Å². The van der Waals surface area contributed by atoms with Crippen molar-refractivity contribution in [3.05, 3.63) is 99.5 Å². The molecule has 0 unspecified atom stereocenters. The summed E-state index contributed by atoms with van der Waals surface area (Å²) >= 11 is 3.37. The number of halogens is 1. The van der Waals surface area contributed by atoms with Gasteiger partial charge in [-0.25, -0.2) is 5.43 Å². The minimum atomic E-state index is -0.195. The molecule has 29 heavy (non-hydrogen) atoms. The van der Waals surface area contributed by atoms with Crippen LogP contribution in [-0.4, -0.2) is 12.1 Å². The molecule has 0 saturated carbocycles. The lowest BCUT2D eigenvalue weighted by Gasteiger charge is -2.09. The molecule has 0 heterocycles. The van der Waals surface area contributed by atoms with Gasteiger partial charge in [-0.2, -0.15) is 10.4 Å². The minimum Gasteiger partial charge on any atom is -0.488 e. The average Bonchev–Trinajstić information content (AvgIpc) is 2.75. The van der Waals surface area contributed by atoms with Crippen LogP contribution in [0.1, 0.15) is 22.3 Å². The molecule has 3 aromatic carbocycles. The number of hydrogen-bond acceptors (Lipinski definition) is 4. The van der Waals surface area contributed by atoms with Gasteiger partial charge in [0, 0.05) is 10.0 Å². The minimum absolute atomic E-state index is 0.195. The van der Waals surface area contributed by atoms with E-state index in [9.17, 15) is 4.79 Å². The maximum absolute atomic E-state index is 12.0. The first-order valence-electron chi connectivity index (χ1n) is 8.91. The maximum atomic E-state index is 12.0. The van der Waals surface area contributed by atoms with Crippen LogP contribution in [0.5, 0.6) is 5.75 Å². The number of nitrogens with zero attached hydrogens (tertiary/aromatic N) is 2. The molecule has 0 aliphatic heterocycles. The zero-order valence-corrected chi connectivity index (χ0v) is 17.1. The number of carbonyl (C=O) groups excluding carboxylic acids is 1. The summed E-state index contributed by atoms with van der Waals surface area (Å²) in [6.07, 6.45) is 1.81. The molecule has 0 aromatic heterocycles. The molecule has 1 amide bonds. The molecule has 6 heteroatoms. The van der Waals surface area contributed by atoms with Gasteiger partial charge in [0.1, 0.15) is 12.4 Å². The van der Waals surface area contributed by atoms with Gasteiger partial charge < -0.3 is 4.74 Å². The van der Waals surface area contributed by atoms with Crippen molar-refractivity contribution < 1.29 is 9.53 Å². The number of nitriles is 1. The zero-order chi connectivity index (χ0) is 20.5. The van der Waals surface area contributed by atoms with Gasteiger partial charge in [0.2, 0.25) is 5.91 Å². The number of para-hydroxylation sites is 1. The first kappa shape index (κ1) is 20.3. The summed E-state index contributed by atoms with van der Waals surface area (Å²) in [6, 6.07) is 24.3. The maximum Gasteiger partial charge on any atom is 0.244 e. The van der Waals surface area contributed by atoms with Crippen molar-refractivity contribution >= 4 is 28.1 Å². The van der Waals surface area contributed by atoms with Crippen molar-refractivity contribution in [3.63, 3.8) is 0 Å². The Kier molecular flexibility index (Phi) is 7.15. The van der Waals surface area contributed by atoms with Gasteiger partial charge in [0.05, 0.1) is 24.3 Å².